The van der Waals surface area contributed by atoms with Crippen molar-refractivity contribution in [3.8, 4) is 0 Å². The summed E-state index contributed by atoms with van der Waals surface area (Å²) in [6.45, 7) is 2.37. The van der Waals surface area contributed by atoms with E-state index in [1.165, 1.54) is 0 Å². The van der Waals surface area contributed by atoms with Crippen molar-refractivity contribution in [1.82, 2.24) is 14.9 Å². The summed E-state index contributed by atoms with van der Waals surface area (Å²) in [5, 5.41) is 6.81. The predicted octanol–water partition coefficient (Wildman–Crippen LogP) is 2.23. The Kier molecular flexibility index (Phi) is 5.17. The molecule has 0 aliphatic carbocycles. The average Bonchev–Trinajstić information content (AvgIpc) is 2.81. The Morgan fingerprint density at radius 2 is 2.00 bits per heavy atom. The number of aromatic nitrogens is 2. The minimum atomic E-state index is -3.40. The van der Waals surface area contributed by atoms with Crippen LogP contribution in [0.25, 0.3) is 0 Å². The molecule has 2 aromatic rings. The molecule has 108 valence electrons. The third-order valence-corrected chi connectivity index (χ3v) is 5.17. The van der Waals surface area contributed by atoms with E-state index >= 15 is 0 Å². The number of halogens is 1. The topological polar surface area (TPSA) is 74.8 Å². The van der Waals surface area contributed by atoms with Crippen molar-refractivity contribution in [2.75, 3.05) is 6.54 Å². The summed E-state index contributed by atoms with van der Waals surface area (Å²) in [4.78, 5) is 0.303. The van der Waals surface area contributed by atoms with Crippen molar-refractivity contribution in [1.29, 1.82) is 0 Å². The Hall–Kier alpha value is -0.930. The number of nitrogens with one attached hydrogen (secondary N) is 2. The van der Waals surface area contributed by atoms with E-state index in [2.05, 4.69) is 37.5 Å². The van der Waals surface area contributed by atoms with E-state index in [1.54, 1.807) is 30.5 Å². The normalized spacial score (nSPS) is 11.7. The largest absolute Gasteiger partial charge is 0.283 e. The number of aromatic amines is 1. The highest BCUT2D eigenvalue weighted by molar-refractivity contribution is 14.1. The lowest BCUT2D eigenvalue weighted by atomic mass is 10.1. The van der Waals surface area contributed by atoms with Gasteiger partial charge in [-0.3, -0.25) is 5.10 Å². The summed E-state index contributed by atoms with van der Waals surface area (Å²) in [5.74, 6) is 0. The molecule has 1 aromatic carbocycles. The van der Waals surface area contributed by atoms with Gasteiger partial charge in [-0.2, -0.15) is 5.10 Å². The van der Waals surface area contributed by atoms with Gasteiger partial charge >= 0.3 is 0 Å². The summed E-state index contributed by atoms with van der Waals surface area (Å²) in [7, 11) is -3.40. The van der Waals surface area contributed by atoms with Gasteiger partial charge in [0.2, 0.25) is 10.0 Å². The molecule has 0 fully saturated rings. The van der Waals surface area contributed by atoms with Crippen molar-refractivity contribution in [2.45, 2.75) is 24.7 Å². The predicted molar refractivity (Wildman–Crippen MR) is 86.0 cm³/mol. The monoisotopic (exact) mass is 405 g/mol. The van der Waals surface area contributed by atoms with Gasteiger partial charge in [0.15, 0.2) is 0 Å². The molecule has 1 heterocycles. The molecule has 0 amide bonds. The van der Waals surface area contributed by atoms with Gasteiger partial charge in [0.05, 0.1) is 11.1 Å². The van der Waals surface area contributed by atoms with Gasteiger partial charge in [-0.1, -0.05) is 0 Å². The maximum atomic E-state index is 12.0. The summed E-state index contributed by atoms with van der Waals surface area (Å²) < 4.78 is 27.7. The number of rotatable bonds is 6. The van der Waals surface area contributed by atoms with E-state index in [9.17, 15) is 8.42 Å². The molecule has 5 nitrogen and oxygen atoms in total. The van der Waals surface area contributed by atoms with Crippen LogP contribution in [0.2, 0.25) is 0 Å². The highest BCUT2D eigenvalue weighted by atomic mass is 127. The fourth-order valence-corrected chi connectivity index (χ4v) is 3.24. The number of aryl methyl sites for hydroxylation is 2. The SMILES string of the molecule is Cc1[nH]ncc1CCCNS(=O)(=O)c1ccc(I)cc1. The molecule has 7 heteroatoms. The third-order valence-electron chi connectivity index (χ3n) is 2.97. The van der Waals surface area contributed by atoms with Crippen LogP contribution in [0.5, 0.6) is 0 Å². The molecule has 0 radical (unpaired) electrons. The van der Waals surface area contributed by atoms with Crippen molar-refractivity contribution in [2.24, 2.45) is 0 Å². The molecule has 0 bridgehead atoms. The standard InChI is InChI=1S/C13H16IN3O2S/c1-10-11(9-15-17-10)3-2-8-16-20(18,19)13-6-4-12(14)5-7-13/h4-7,9,16H,2-3,8H2,1H3,(H,15,17). The Morgan fingerprint density at radius 1 is 1.30 bits per heavy atom. The number of nitrogens with zero attached hydrogens (tertiary/aromatic N) is 1. The van der Waals surface area contributed by atoms with E-state index in [-0.39, 0.29) is 0 Å². The molecule has 0 aliphatic rings. The molecule has 1 aromatic heterocycles. The lowest BCUT2D eigenvalue weighted by molar-refractivity contribution is 0.579. The van der Waals surface area contributed by atoms with Crippen LogP contribution in [-0.2, 0) is 16.4 Å². The Morgan fingerprint density at radius 3 is 2.60 bits per heavy atom. The molecular weight excluding hydrogens is 389 g/mol. The average molecular weight is 405 g/mol. The highest BCUT2D eigenvalue weighted by Gasteiger charge is 2.12. The third kappa shape index (κ3) is 4.03. The summed E-state index contributed by atoms with van der Waals surface area (Å²) in [5.41, 5.74) is 2.16. The van der Waals surface area contributed by atoms with E-state index < -0.39 is 10.0 Å². The van der Waals surface area contributed by atoms with Gasteiger partial charge in [-0.15, -0.1) is 0 Å². The first-order chi connectivity index (χ1) is 9.49. The first-order valence-corrected chi connectivity index (χ1v) is 8.79. The summed E-state index contributed by atoms with van der Waals surface area (Å²) in [6.07, 6.45) is 3.32. The maximum Gasteiger partial charge on any atom is 0.240 e. The molecule has 0 spiro atoms. The van der Waals surface area contributed by atoms with Crippen LogP contribution >= 0.6 is 22.6 Å². The second kappa shape index (κ2) is 6.68. The van der Waals surface area contributed by atoms with Gasteiger partial charge in [0, 0.05) is 15.8 Å². The van der Waals surface area contributed by atoms with Gasteiger partial charge in [-0.25, -0.2) is 13.1 Å². The van der Waals surface area contributed by atoms with Crippen molar-refractivity contribution in [3.05, 3.63) is 45.3 Å². The van der Waals surface area contributed by atoms with Crippen LogP contribution < -0.4 is 4.72 Å². The molecule has 0 saturated heterocycles. The van der Waals surface area contributed by atoms with Crippen LogP contribution in [0.3, 0.4) is 0 Å². The smallest absolute Gasteiger partial charge is 0.240 e. The number of sulfonamides is 1. The van der Waals surface area contributed by atoms with Gasteiger partial charge in [0.25, 0.3) is 0 Å². The van der Waals surface area contributed by atoms with Crippen LogP contribution in [0.15, 0.2) is 35.4 Å². The lowest BCUT2D eigenvalue weighted by Gasteiger charge is -2.06. The Balaban J connectivity index is 1.87. The highest BCUT2D eigenvalue weighted by Crippen LogP contribution is 2.12. The maximum absolute atomic E-state index is 12.0. The molecule has 2 N–H and O–H groups in total. The van der Waals surface area contributed by atoms with Crippen LogP contribution in [0.1, 0.15) is 17.7 Å². The van der Waals surface area contributed by atoms with Crippen molar-refractivity contribution in [3.63, 3.8) is 0 Å². The van der Waals surface area contributed by atoms with Crippen LogP contribution in [-0.4, -0.2) is 25.2 Å². The zero-order chi connectivity index (χ0) is 14.6. The molecular formula is C13H16IN3O2S. The second-order valence-electron chi connectivity index (χ2n) is 4.48. The lowest BCUT2D eigenvalue weighted by Crippen LogP contribution is -2.25. The van der Waals surface area contributed by atoms with E-state index in [1.807, 2.05) is 6.92 Å². The zero-order valence-electron chi connectivity index (χ0n) is 11.1. The molecule has 0 aliphatic heterocycles. The first kappa shape index (κ1) is 15.5. The number of H-pyrrole nitrogens is 1. The fourth-order valence-electron chi connectivity index (χ4n) is 1.81. The quantitative estimate of drug-likeness (QED) is 0.572. The summed E-state index contributed by atoms with van der Waals surface area (Å²) in [6, 6.07) is 6.79. The molecule has 0 unspecified atom stereocenters. The minimum absolute atomic E-state index is 0.303. The van der Waals surface area contributed by atoms with Crippen molar-refractivity contribution < 1.29 is 8.42 Å². The van der Waals surface area contributed by atoms with E-state index in [0.717, 1.165) is 27.7 Å². The van der Waals surface area contributed by atoms with Crippen LogP contribution in [0, 0.1) is 10.5 Å². The number of benzene rings is 1. The first-order valence-electron chi connectivity index (χ1n) is 6.23. The zero-order valence-corrected chi connectivity index (χ0v) is 14.0. The fraction of sp³-hybridized carbons (Fsp3) is 0.308. The van der Waals surface area contributed by atoms with Gasteiger partial charge in [0.1, 0.15) is 0 Å². The molecule has 0 saturated carbocycles. The van der Waals surface area contributed by atoms with Crippen LogP contribution in [0.4, 0.5) is 0 Å². The molecule has 2 rings (SSSR count). The van der Waals surface area contributed by atoms with E-state index in [4.69, 9.17) is 0 Å². The number of hydrogen-bond donors (Lipinski definition) is 2. The Labute approximate surface area is 132 Å². The molecule has 20 heavy (non-hydrogen) atoms. The second-order valence-corrected chi connectivity index (χ2v) is 7.49. The minimum Gasteiger partial charge on any atom is -0.283 e. The van der Waals surface area contributed by atoms with Gasteiger partial charge in [-0.05, 0) is 72.2 Å². The van der Waals surface area contributed by atoms with Gasteiger partial charge < -0.3 is 0 Å². The summed E-state index contributed by atoms with van der Waals surface area (Å²) >= 11 is 2.14. The Bertz CT molecular complexity index is 665. The number of hydrogen-bond acceptors (Lipinski definition) is 3. The van der Waals surface area contributed by atoms with E-state index in [0.29, 0.717) is 11.4 Å². The van der Waals surface area contributed by atoms with Crippen molar-refractivity contribution >= 4 is 32.6 Å². The molecule has 0 atom stereocenters.